The number of hydrogen-bond donors (Lipinski definition) is 0. The molecule has 2 aromatic heterocycles. The number of carbonyl (C=O) groups excluding carboxylic acids is 1. The Hall–Kier alpha value is -3.29. The van der Waals surface area contributed by atoms with Gasteiger partial charge >= 0.3 is 0 Å². The maximum atomic E-state index is 14.0. The molecule has 1 aromatic carbocycles. The van der Waals surface area contributed by atoms with Crippen LogP contribution in [0.25, 0.3) is 11.1 Å². The van der Waals surface area contributed by atoms with Gasteiger partial charge in [0.2, 0.25) is 5.71 Å². The first-order chi connectivity index (χ1) is 15.9. The third-order valence-corrected chi connectivity index (χ3v) is 7.66. The lowest BCUT2D eigenvalue weighted by Crippen LogP contribution is -2.49. The Morgan fingerprint density at radius 1 is 1.15 bits per heavy atom. The van der Waals surface area contributed by atoms with E-state index in [1.54, 1.807) is 14.0 Å². The molecular weight excluding hydrogens is 422 g/mol. The number of rotatable bonds is 1. The smallest absolute Gasteiger partial charge is 0.265 e. The molecule has 1 aliphatic carbocycles. The zero-order valence-electron chi connectivity index (χ0n) is 19.1. The van der Waals surface area contributed by atoms with Crippen LogP contribution in [0.15, 0.2) is 27.7 Å². The number of ether oxygens (including phenoxy) is 2. The summed E-state index contributed by atoms with van der Waals surface area (Å²) < 4.78 is 18.9. The van der Waals surface area contributed by atoms with Crippen LogP contribution in [0.1, 0.15) is 65.9 Å². The number of aromatic nitrogens is 2. The van der Waals surface area contributed by atoms with Crippen molar-refractivity contribution in [1.29, 1.82) is 0 Å². The standard InChI is InChI=1S/C25H27N3O5/c1-14-16-10-18-19(32-9-8-31-18)11-17(16)25(6-4-5-7-25)12-28(14)24(30)20-15(2)33-22-21(20)23(29)27(3)13-26-22/h10-11,13-14H,4-9,12H2,1-3H3. The second-order valence-corrected chi connectivity index (χ2v) is 9.55. The summed E-state index contributed by atoms with van der Waals surface area (Å²) >= 11 is 0. The van der Waals surface area contributed by atoms with Crippen molar-refractivity contribution in [3.05, 3.63) is 51.3 Å². The second kappa shape index (κ2) is 7.10. The molecule has 8 heteroatoms. The number of amides is 1. The van der Waals surface area contributed by atoms with Crippen LogP contribution in [0.5, 0.6) is 11.5 Å². The lowest BCUT2D eigenvalue weighted by Gasteiger charge is -2.46. The van der Waals surface area contributed by atoms with Crippen molar-refractivity contribution in [3.63, 3.8) is 0 Å². The molecule has 0 N–H and O–H groups in total. The second-order valence-electron chi connectivity index (χ2n) is 9.55. The van der Waals surface area contributed by atoms with E-state index in [4.69, 9.17) is 13.9 Å². The minimum atomic E-state index is -0.277. The normalized spacial score (nSPS) is 20.9. The van der Waals surface area contributed by atoms with E-state index < -0.39 is 0 Å². The molecule has 8 nitrogen and oxygen atoms in total. The summed E-state index contributed by atoms with van der Waals surface area (Å²) in [6, 6.07) is 4.01. The third-order valence-electron chi connectivity index (χ3n) is 7.66. The van der Waals surface area contributed by atoms with E-state index in [1.165, 1.54) is 16.5 Å². The topological polar surface area (TPSA) is 86.8 Å². The SMILES string of the molecule is Cc1oc2ncn(C)c(=O)c2c1C(=O)N1CC2(CCCC2)c2cc3c(cc2C1C)OCCO3. The number of benzene rings is 1. The summed E-state index contributed by atoms with van der Waals surface area (Å²) in [4.78, 5) is 33.1. The van der Waals surface area contributed by atoms with Crippen molar-refractivity contribution in [2.24, 2.45) is 7.05 Å². The molecule has 4 heterocycles. The van der Waals surface area contributed by atoms with Crippen LogP contribution in [0.4, 0.5) is 0 Å². The van der Waals surface area contributed by atoms with Crippen LogP contribution in [0.2, 0.25) is 0 Å². The predicted octanol–water partition coefficient (Wildman–Crippen LogP) is 3.63. The summed E-state index contributed by atoms with van der Waals surface area (Å²) in [5.41, 5.74) is 2.49. The fraction of sp³-hybridized carbons (Fsp3) is 0.480. The van der Waals surface area contributed by atoms with E-state index in [1.807, 2.05) is 11.8 Å². The van der Waals surface area contributed by atoms with E-state index in [0.717, 1.165) is 42.7 Å². The van der Waals surface area contributed by atoms with Gasteiger partial charge in [0, 0.05) is 19.0 Å². The summed E-state index contributed by atoms with van der Waals surface area (Å²) in [5, 5.41) is 0.253. The summed E-state index contributed by atoms with van der Waals surface area (Å²) in [5.74, 6) is 1.77. The van der Waals surface area contributed by atoms with E-state index >= 15 is 0 Å². The van der Waals surface area contributed by atoms with Crippen LogP contribution in [-0.4, -0.2) is 40.1 Å². The van der Waals surface area contributed by atoms with Crippen molar-refractivity contribution in [1.82, 2.24) is 14.5 Å². The first-order valence-electron chi connectivity index (χ1n) is 11.6. The first kappa shape index (κ1) is 20.3. The highest BCUT2D eigenvalue weighted by Gasteiger charge is 2.47. The summed E-state index contributed by atoms with van der Waals surface area (Å²) in [6.07, 6.45) is 5.71. The largest absolute Gasteiger partial charge is 0.486 e. The Bertz CT molecular complexity index is 1350. The van der Waals surface area contributed by atoms with Crippen molar-refractivity contribution >= 4 is 17.0 Å². The van der Waals surface area contributed by atoms with Crippen molar-refractivity contribution in [2.45, 2.75) is 51.0 Å². The van der Waals surface area contributed by atoms with Gasteiger partial charge in [0.15, 0.2) is 11.5 Å². The van der Waals surface area contributed by atoms with Gasteiger partial charge < -0.3 is 23.4 Å². The van der Waals surface area contributed by atoms with Gasteiger partial charge in [-0.05, 0) is 49.9 Å². The molecule has 1 saturated carbocycles. The fourth-order valence-electron chi connectivity index (χ4n) is 5.94. The van der Waals surface area contributed by atoms with E-state index in [-0.39, 0.29) is 34.0 Å². The van der Waals surface area contributed by atoms with Gasteiger partial charge in [0.05, 0.1) is 11.6 Å². The minimum Gasteiger partial charge on any atom is -0.486 e. The number of nitrogens with zero attached hydrogens (tertiary/aromatic N) is 3. The van der Waals surface area contributed by atoms with E-state index in [2.05, 4.69) is 17.1 Å². The van der Waals surface area contributed by atoms with Gasteiger partial charge in [-0.2, -0.15) is 0 Å². The molecule has 1 fully saturated rings. The molecule has 2 aliphatic heterocycles. The molecule has 1 spiro atoms. The third kappa shape index (κ3) is 2.85. The zero-order valence-corrected chi connectivity index (χ0v) is 19.1. The Morgan fingerprint density at radius 3 is 2.58 bits per heavy atom. The molecule has 0 radical (unpaired) electrons. The molecule has 1 atom stereocenters. The lowest BCUT2D eigenvalue weighted by molar-refractivity contribution is 0.0593. The average Bonchev–Trinajstić information content (AvgIpc) is 3.42. The fourth-order valence-corrected chi connectivity index (χ4v) is 5.94. The Kier molecular flexibility index (Phi) is 4.38. The van der Waals surface area contributed by atoms with Crippen molar-refractivity contribution < 1.29 is 18.7 Å². The molecule has 0 saturated heterocycles. The molecule has 3 aromatic rings. The van der Waals surface area contributed by atoms with Crippen LogP contribution < -0.4 is 15.0 Å². The van der Waals surface area contributed by atoms with Gasteiger partial charge in [0.25, 0.3) is 11.5 Å². The highest BCUT2D eigenvalue weighted by Crippen LogP contribution is 2.52. The molecular formula is C25H27N3O5. The summed E-state index contributed by atoms with van der Waals surface area (Å²) in [6.45, 7) is 5.44. The Labute approximate surface area is 191 Å². The quantitative estimate of drug-likeness (QED) is 0.564. The van der Waals surface area contributed by atoms with Crippen LogP contribution in [-0.2, 0) is 12.5 Å². The van der Waals surface area contributed by atoms with Gasteiger partial charge in [-0.3, -0.25) is 9.59 Å². The molecule has 1 amide bonds. The number of aryl methyl sites for hydroxylation is 2. The lowest BCUT2D eigenvalue weighted by atomic mass is 9.71. The zero-order chi connectivity index (χ0) is 22.9. The molecule has 6 rings (SSSR count). The van der Waals surface area contributed by atoms with Gasteiger partial charge in [-0.15, -0.1) is 0 Å². The number of carbonyl (C=O) groups is 1. The Balaban J connectivity index is 1.51. The number of furan rings is 1. The first-order valence-corrected chi connectivity index (χ1v) is 11.6. The van der Waals surface area contributed by atoms with Crippen molar-refractivity contribution in [2.75, 3.05) is 19.8 Å². The van der Waals surface area contributed by atoms with Gasteiger partial charge in [-0.1, -0.05) is 12.8 Å². The molecule has 3 aliphatic rings. The number of hydrogen-bond acceptors (Lipinski definition) is 6. The van der Waals surface area contributed by atoms with Gasteiger partial charge in [0.1, 0.15) is 30.7 Å². The number of fused-ring (bicyclic) bond motifs is 4. The van der Waals surface area contributed by atoms with Gasteiger partial charge in [-0.25, -0.2) is 4.98 Å². The summed E-state index contributed by atoms with van der Waals surface area (Å²) in [7, 11) is 1.63. The van der Waals surface area contributed by atoms with Crippen molar-refractivity contribution in [3.8, 4) is 11.5 Å². The van der Waals surface area contributed by atoms with E-state index in [0.29, 0.717) is 31.1 Å². The maximum absolute atomic E-state index is 14.0. The molecule has 172 valence electrons. The molecule has 0 bridgehead atoms. The van der Waals surface area contributed by atoms with Crippen LogP contribution >= 0.6 is 0 Å². The highest BCUT2D eigenvalue weighted by atomic mass is 16.6. The maximum Gasteiger partial charge on any atom is 0.265 e. The average molecular weight is 450 g/mol. The Morgan fingerprint density at radius 2 is 1.85 bits per heavy atom. The van der Waals surface area contributed by atoms with Crippen LogP contribution in [0.3, 0.4) is 0 Å². The highest BCUT2D eigenvalue weighted by molar-refractivity contribution is 6.06. The molecule has 33 heavy (non-hydrogen) atoms. The molecule has 1 unspecified atom stereocenters. The monoisotopic (exact) mass is 449 g/mol. The predicted molar refractivity (Wildman–Crippen MR) is 121 cm³/mol. The van der Waals surface area contributed by atoms with E-state index in [9.17, 15) is 9.59 Å². The van der Waals surface area contributed by atoms with Crippen LogP contribution in [0, 0.1) is 6.92 Å². The minimum absolute atomic E-state index is 0.121.